The normalized spacial score (nSPS) is 23.4. The summed E-state index contributed by atoms with van der Waals surface area (Å²) in [5, 5.41) is 48.0. The third-order valence-electron chi connectivity index (χ3n) is 6.35. The number of amides is 1. The molecule has 40 heavy (non-hydrogen) atoms. The minimum Gasteiger partial charge on any atom is -0.479 e. The number of rotatable bonds is 12. The van der Waals surface area contributed by atoms with E-state index in [4.69, 9.17) is 15.2 Å². The number of ether oxygens (including phenoxy) is 2. The van der Waals surface area contributed by atoms with E-state index in [1.807, 2.05) is 54.6 Å². The third kappa shape index (κ3) is 7.82. The lowest BCUT2D eigenvalue weighted by molar-refractivity contribution is -0.305. The highest BCUT2D eigenvalue weighted by atomic mass is 32.1. The molecule has 1 saturated heterocycles. The Balaban J connectivity index is 1.29. The Bertz CT molecular complexity index is 1260. The lowest BCUT2D eigenvalue weighted by Crippen LogP contribution is -2.60. The highest BCUT2D eigenvalue weighted by molar-refractivity contribution is 7.13. The van der Waals surface area contributed by atoms with E-state index < -0.39 is 42.8 Å². The Morgan fingerprint density at radius 2 is 1.77 bits per heavy atom. The van der Waals surface area contributed by atoms with Crippen LogP contribution in [0.3, 0.4) is 0 Å². The van der Waals surface area contributed by atoms with Crippen molar-refractivity contribution in [1.29, 1.82) is 0 Å². The number of hydrogen-bond donors (Lipinski definition) is 7. The van der Waals surface area contributed by atoms with Crippen molar-refractivity contribution >= 4 is 34.0 Å². The molecule has 214 valence electrons. The van der Waals surface area contributed by atoms with Gasteiger partial charge in [-0.05, 0) is 36.2 Å². The SMILES string of the molecule is Nc1nc(CC(=O)Nc2ccc(CCNC[C@H](O[C@@H]3O[C@H](C(=O)O)[C@@H](O)[C@H](O)[C@H]3O)c3ccccc3)cc2)cs1. The number of nitrogens with zero attached hydrogens (tertiary/aromatic N) is 1. The third-order valence-corrected chi connectivity index (χ3v) is 7.07. The summed E-state index contributed by atoms with van der Waals surface area (Å²) in [5.74, 6) is -1.66. The topological polar surface area (TPSA) is 196 Å². The number of aliphatic hydroxyl groups excluding tert-OH is 3. The first-order valence-corrected chi connectivity index (χ1v) is 13.5. The molecule has 0 bridgehead atoms. The lowest BCUT2D eigenvalue weighted by atomic mass is 9.99. The molecule has 1 aromatic heterocycles. The van der Waals surface area contributed by atoms with Crippen molar-refractivity contribution in [3.8, 4) is 0 Å². The molecule has 8 N–H and O–H groups in total. The van der Waals surface area contributed by atoms with E-state index in [9.17, 15) is 30.0 Å². The molecule has 0 radical (unpaired) electrons. The molecule has 0 aliphatic carbocycles. The van der Waals surface area contributed by atoms with Crippen LogP contribution in [-0.4, -0.2) is 81.1 Å². The maximum atomic E-state index is 12.2. The van der Waals surface area contributed by atoms with E-state index in [0.717, 1.165) is 11.1 Å². The highest BCUT2D eigenvalue weighted by Crippen LogP contribution is 2.27. The molecule has 0 saturated carbocycles. The Morgan fingerprint density at radius 3 is 2.42 bits per heavy atom. The number of aliphatic hydroxyl groups is 3. The molecule has 2 heterocycles. The van der Waals surface area contributed by atoms with Gasteiger partial charge in [-0.2, -0.15) is 0 Å². The van der Waals surface area contributed by atoms with E-state index in [1.54, 1.807) is 5.38 Å². The van der Waals surface area contributed by atoms with Crippen LogP contribution in [0.2, 0.25) is 0 Å². The zero-order valence-electron chi connectivity index (χ0n) is 21.4. The van der Waals surface area contributed by atoms with Crippen LogP contribution in [-0.2, 0) is 31.9 Å². The van der Waals surface area contributed by atoms with Crippen molar-refractivity contribution in [2.75, 3.05) is 24.1 Å². The number of anilines is 2. The monoisotopic (exact) mass is 572 g/mol. The van der Waals surface area contributed by atoms with Gasteiger partial charge in [-0.1, -0.05) is 42.5 Å². The van der Waals surface area contributed by atoms with Gasteiger partial charge in [0, 0.05) is 17.6 Å². The van der Waals surface area contributed by atoms with Gasteiger partial charge in [0.2, 0.25) is 5.91 Å². The first kappa shape index (κ1) is 29.6. The summed E-state index contributed by atoms with van der Waals surface area (Å²) in [6.07, 6.45) is -8.24. The first-order chi connectivity index (χ1) is 19.2. The smallest absolute Gasteiger partial charge is 0.335 e. The molecule has 1 aliphatic heterocycles. The van der Waals surface area contributed by atoms with Crippen LogP contribution >= 0.6 is 11.3 Å². The maximum Gasteiger partial charge on any atom is 0.335 e. The van der Waals surface area contributed by atoms with E-state index in [0.29, 0.717) is 36.0 Å². The fraction of sp³-hybridized carbons (Fsp3) is 0.370. The van der Waals surface area contributed by atoms with Crippen molar-refractivity contribution in [3.63, 3.8) is 0 Å². The highest BCUT2D eigenvalue weighted by Gasteiger charge is 2.48. The van der Waals surface area contributed by atoms with Crippen LogP contribution < -0.4 is 16.4 Å². The Kier molecular flexibility index (Phi) is 10.2. The maximum absolute atomic E-state index is 12.2. The van der Waals surface area contributed by atoms with Crippen molar-refractivity contribution < 1.29 is 39.5 Å². The average Bonchev–Trinajstić information content (AvgIpc) is 3.35. The predicted molar refractivity (Wildman–Crippen MR) is 146 cm³/mol. The number of carbonyl (C=O) groups is 2. The Labute approximate surface area is 234 Å². The zero-order valence-corrected chi connectivity index (χ0v) is 22.2. The number of nitrogens with two attached hydrogens (primary N) is 1. The molecule has 3 aromatic rings. The van der Waals surface area contributed by atoms with Gasteiger partial charge in [0.25, 0.3) is 0 Å². The second-order valence-electron chi connectivity index (χ2n) is 9.32. The number of nitrogens with one attached hydrogen (secondary N) is 2. The quantitative estimate of drug-likeness (QED) is 0.151. The van der Waals surface area contributed by atoms with E-state index in [-0.39, 0.29) is 12.3 Å². The summed E-state index contributed by atoms with van der Waals surface area (Å²) in [4.78, 5) is 27.8. The summed E-state index contributed by atoms with van der Waals surface area (Å²) in [6.45, 7) is 0.860. The second kappa shape index (κ2) is 13.8. The molecule has 4 rings (SSSR count). The molecule has 1 aliphatic rings. The molecule has 12 nitrogen and oxygen atoms in total. The van der Waals surface area contributed by atoms with Gasteiger partial charge in [0.15, 0.2) is 17.5 Å². The van der Waals surface area contributed by atoms with Gasteiger partial charge in [0.05, 0.1) is 18.2 Å². The summed E-state index contributed by atoms with van der Waals surface area (Å²) in [6, 6.07) is 16.6. The summed E-state index contributed by atoms with van der Waals surface area (Å²) in [7, 11) is 0. The Morgan fingerprint density at radius 1 is 1.05 bits per heavy atom. The molecular formula is C27H32N4O8S. The second-order valence-corrected chi connectivity index (χ2v) is 10.2. The molecular weight excluding hydrogens is 540 g/mol. The van der Waals surface area contributed by atoms with Crippen LogP contribution in [0.25, 0.3) is 0 Å². The predicted octanol–water partition coefficient (Wildman–Crippen LogP) is 0.689. The van der Waals surface area contributed by atoms with Crippen LogP contribution in [0.1, 0.15) is 22.9 Å². The molecule has 0 spiro atoms. The van der Waals surface area contributed by atoms with Crippen molar-refractivity contribution in [1.82, 2.24) is 10.3 Å². The standard InChI is InChI=1S/C27H32N4O8S/c28-27-31-18(14-40-27)12-20(32)30-17-8-6-15(7-9-17)10-11-29-13-19(16-4-2-1-3-5-16)38-26-23(35)21(33)22(34)24(39-26)25(36)37/h1-9,14,19,21-24,26,29,33-35H,10-13H2,(H2,28,31)(H,30,32)(H,36,37)/t19-,21-,22-,23+,24-,26+/m0/s1. The Hall–Kier alpha value is -3.43. The minimum atomic E-state index is -1.79. The van der Waals surface area contributed by atoms with Gasteiger partial charge in [-0.25, -0.2) is 9.78 Å². The minimum absolute atomic E-state index is 0.142. The summed E-state index contributed by atoms with van der Waals surface area (Å²) >= 11 is 1.29. The summed E-state index contributed by atoms with van der Waals surface area (Å²) in [5.41, 5.74) is 8.67. The number of thiazole rings is 1. The number of carbonyl (C=O) groups excluding carboxylic acids is 1. The molecule has 0 unspecified atom stereocenters. The number of benzene rings is 2. The average molecular weight is 573 g/mol. The van der Waals surface area contributed by atoms with E-state index >= 15 is 0 Å². The fourth-order valence-corrected chi connectivity index (χ4v) is 4.80. The molecule has 6 atom stereocenters. The first-order valence-electron chi connectivity index (χ1n) is 12.6. The number of hydrogen-bond acceptors (Lipinski definition) is 11. The van der Waals surface area contributed by atoms with Gasteiger partial charge >= 0.3 is 5.97 Å². The van der Waals surface area contributed by atoms with E-state index in [1.165, 1.54) is 11.3 Å². The van der Waals surface area contributed by atoms with Gasteiger partial charge in [-0.3, -0.25) is 4.79 Å². The van der Waals surface area contributed by atoms with E-state index in [2.05, 4.69) is 15.6 Å². The van der Waals surface area contributed by atoms with Gasteiger partial charge in [0.1, 0.15) is 18.3 Å². The molecule has 13 heteroatoms. The molecule has 2 aromatic carbocycles. The summed E-state index contributed by atoms with van der Waals surface area (Å²) < 4.78 is 11.2. The number of aromatic nitrogens is 1. The number of nitrogen functional groups attached to an aromatic ring is 1. The largest absolute Gasteiger partial charge is 0.479 e. The van der Waals surface area contributed by atoms with Crippen LogP contribution in [0.5, 0.6) is 0 Å². The zero-order chi connectivity index (χ0) is 28.6. The van der Waals surface area contributed by atoms with Gasteiger partial charge < -0.3 is 46.3 Å². The fourth-order valence-electron chi connectivity index (χ4n) is 4.23. The van der Waals surface area contributed by atoms with Crippen LogP contribution in [0.15, 0.2) is 60.0 Å². The molecule has 1 amide bonds. The van der Waals surface area contributed by atoms with Crippen molar-refractivity contribution in [2.24, 2.45) is 0 Å². The molecule has 1 fully saturated rings. The van der Waals surface area contributed by atoms with Crippen molar-refractivity contribution in [2.45, 2.75) is 49.7 Å². The lowest BCUT2D eigenvalue weighted by Gasteiger charge is -2.39. The number of carboxylic acid groups (broad SMARTS) is 1. The van der Waals surface area contributed by atoms with Crippen molar-refractivity contribution in [3.05, 3.63) is 76.8 Å². The van der Waals surface area contributed by atoms with Gasteiger partial charge in [-0.15, -0.1) is 11.3 Å². The number of carboxylic acids is 1. The number of aliphatic carboxylic acids is 1. The van der Waals surface area contributed by atoms with Crippen LogP contribution in [0.4, 0.5) is 10.8 Å². The van der Waals surface area contributed by atoms with Crippen LogP contribution in [0, 0.1) is 0 Å².